The fourth-order valence-corrected chi connectivity index (χ4v) is 8.17. The number of hydrogen-bond donors (Lipinski definition) is 0. The molecule has 0 bridgehead atoms. The van der Waals surface area contributed by atoms with Gasteiger partial charge in [-0.15, -0.1) is 0 Å². The molecule has 238 valence electrons. The van der Waals surface area contributed by atoms with Crippen LogP contribution >= 0.6 is 0 Å². The fraction of sp³-hybridized carbons (Fsp3) is 0. The van der Waals surface area contributed by atoms with E-state index in [4.69, 9.17) is 4.42 Å². The number of furan rings is 1. The molecule has 8 aromatic carbocycles. The molecule has 0 fully saturated rings. The van der Waals surface area contributed by atoms with Gasteiger partial charge in [0.1, 0.15) is 5.58 Å². The molecule has 0 spiro atoms. The van der Waals surface area contributed by atoms with E-state index in [1.165, 1.54) is 60.3 Å². The molecule has 0 N–H and O–H groups in total. The van der Waals surface area contributed by atoms with Crippen LogP contribution in [0.15, 0.2) is 186 Å². The SMILES string of the molecule is c1ccc(-c2ccc3c(c2)c2ccccc2n3-c2ccc(-c3ccc(-n4c5ccccc5c5ccc6c7ccccc7oc6c54)cc3)cc2)cc1. The molecule has 3 nitrogen and oxygen atoms in total. The topological polar surface area (TPSA) is 23.0 Å². The van der Waals surface area contributed by atoms with Crippen molar-refractivity contribution in [3.05, 3.63) is 182 Å². The van der Waals surface area contributed by atoms with Gasteiger partial charge in [-0.3, -0.25) is 0 Å². The molecule has 0 amide bonds. The van der Waals surface area contributed by atoms with Crippen LogP contribution in [0, 0.1) is 0 Å². The maximum atomic E-state index is 6.55. The molecule has 0 saturated heterocycles. The monoisotopic (exact) mass is 650 g/mol. The first-order valence-electron chi connectivity index (χ1n) is 17.4. The average molecular weight is 651 g/mol. The molecule has 0 unspecified atom stereocenters. The molecule has 0 radical (unpaired) electrons. The van der Waals surface area contributed by atoms with Crippen LogP contribution < -0.4 is 0 Å². The largest absolute Gasteiger partial charge is 0.454 e. The number of para-hydroxylation sites is 3. The fourth-order valence-electron chi connectivity index (χ4n) is 8.17. The summed E-state index contributed by atoms with van der Waals surface area (Å²) in [7, 11) is 0. The molecule has 11 rings (SSSR count). The van der Waals surface area contributed by atoms with Gasteiger partial charge in [0.25, 0.3) is 0 Å². The molecule has 3 aromatic heterocycles. The Labute approximate surface area is 293 Å². The molecule has 0 saturated carbocycles. The third-order valence-corrected chi connectivity index (χ3v) is 10.5. The van der Waals surface area contributed by atoms with Crippen LogP contribution in [0.25, 0.3) is 99.2 Å². The van der Waals surface area contributed by atoms with Crippen molar-refractivity contribution in [3.8, 4) is 33.6 Å². The summed E-state index contributed by atoms with van der Waals surface area (Å²) in [4.78, 5) is 0. The molecule has 0 aliphatic heterocycles. The maximum Gasteiger partial charge on any atom is 0.160 e. The van der Waals surface area contributed by atoms with Gasteiger partial charge >= 0.3 is 0 Å². The van der Waals surface area contributed by atoms with E-state index in [0.29, 0.717) is 0 Å². The van der Waals surface area contributed by atoms with E-state index >= 15 is 0 Å². The highest BCUT2D eigenvalue weighted by Crippen LogP contribution is 2.41. The Morgan fingerprint density at radius 3 is 1.55 bits per heavy atom. The minimum atomic E-state index is 0.911. The van der Waals surface area contributed by atoms with Crippen LogP contribution in [0.2, 0.25) is 0 Å². The van der Waals surface area contributed by atoms with Crippen LogP contribution in [-0.4, -0.2) is 9.13 Å². The van der Waals surface area contributed by atoms with Gasteiger partial charge in [0.2, 0.25) is 0 Å². The first kappa shape index (κ1) is 28.0. The van der Waals surface area contributed by atoms with Crippen molar-refractivity contribution < 1.29 is 4.42 Å². The minimum absolute atomic E-state index is 0.911. The van der Waals surface area contributed by atoms with Crippen molar-refractivity contribution in [1.29, 1.82) is 0 Å². The predicted molar refractivity (Wildman–Crippen MR) is 213 cm³/mol. The standard InChI is InChI=1S/C48H30N2O/c1-2-10-31(11-3-1)34-22-29-45-42(30-34)38-13-5-7-15-43(38)49(45)35-23-18-32(19-24-35)33-20-25-36(26-21-33)50-44-16-8-4-12-37(44)40-27-28-41-39-14-6-9-17-46(39)51-48(41)47(40)50/h1-30H. The number of fused-ring (bicyclic) bond motifs is 10. The first-order chi connectivity index (χ1) is 25.3. The first-order valence-corrected chi connectivity index (χ1v) is 17.4. The summed E-state index contributed by atoms with van der Waals surface area (Å²) in [5.74, 6) is 0. The number of nitrogens with zero attached hydrogens (tertiary/aromatic N) is 2. The second-order valence-corrected chi connectivity index (χ2v) is 13.3. The van der Waals surface area contributed by atoms with Crippen molar-refractivity contribution in [1.82, 2.24) is 9.13 Å². The summed E-state index contributed by atoms with van der Waals surface area (Å²) in [5.41, 5.74) is 13.6. The van der Waals surface area contributed by atoms with Crippen molar-refractivity contribution in [3.63, 3.8) is 0 Å². The van der Waals surface area contributed by atoms with Gasteiger partial charge in [0, 0.05) is 43.7 Å². The van der Waals surface area contributed by atoms with Crippen LogP contribution in [-0.2, 0) is 0 Å². The van der Waals surface area contributed by atoms with Gasteiger partial charge in [0.05, 0.1) is 22.1 Å². The lowest BCUT2D eigenvalue weighted by molar-refractivity contribution is 0.671. The van der Waals surface area contributed by atoms with Crippen LogP contribution in [0.1, 0.15) is 0 Å². The number of aromatic nitrogens is 2. The second-order valence-electron chi connectivity index (χ2n) is 13.3. The van der Waals surface area contributed by atoms with Gasteiger partial charge in [0.15, 0.2) is 5.58 Å². The molecule has 51 heavy (non-hydrogen) atoms. The summed E-state index contributed by atoms with van der Waals surface area (Å²) >= 11 is 0. The normalized spacial score (nSPS) is 11.9. The lowest BCUT2D eigenvalue weighted by atomic mass is 10.0. The molecule has 3 heteroatoms. The Hall–Kier alpha value is -6.84. The van der Waals surface area contributed by atoms with Gasteiger partial charge in [-0.05, 0) is 82.9 Å². The Kier molecular flexibility index (Phi) is 5.96. The van der Waals surface area contributed by atoms with Crippen LogP contribution in [0.3, 0.4) is 0 Å². The van der Waals surface area contributed by atoms with E-state index in [2.05, 4.69) is 185 Å². The molecule has 0 atom stereocenters. The molecule has 3 heterocycles. The minimum Gasteiger partial charge on any atom is -0.454 e. The van der Waals surface area contributed by atoms with Crippen molar-refractivity contribution >= 4 is 65.6 Å². The van der Waals surface area contributed by atoms with Crippen molar-refractivity contribution in [2.45, 2.75) is 0 Å². The number of hydrogen-bond acceptors (Lipinski definition) is 1. The summed E-state index contributed by atoms with van der Waals surface area (Å²) in [6.07, 6.45) is 0. The Balaban J connectivity index is 1.00. The molecular formula is C48H30N2O. The van der Waals surface area contributed by atoms with E-state index < -0.39 is 0 Å². The highest BCUT2D eigenvalue weighted by molar-refractivity contribution is 6.21. The maximum absolute atomic E-state index is 6.55. The third-order valence-electron chi connectivity index (χ3n) is 10.5. The predicted octanol–water partition coefficient (Wildman–Crippen LogP) is 13.1. The summed E-state index contributed by atoms with van der Waals surface area (Å²) in [5, 5.41) is 7.21. The van der Waals surface area contributed by atoms with Crippen molar-refractivity contribution in [2.75, 3.05) is 0 Å². The molecular weight excluding hydrogens is 621 g/mol. The van der Waals surface area contributed by atoms with E-state index in [1.54, 1.807) is 0 Å². The van der Waals surface area contributed by atoms with Gasteiger partial charge in [-0.25, -0.2) is 0 Å². The molecule has 11 aromatic rings. The number of rotatable bonds is 4. The van der Waals surface area contributed by atoms with Gasteiger partial charge < -0.3 is 13.6 Å². The summed E-state index contributed by atoms with van der Waals surface area (Å²) < 4.78 is 11.3. The lowest BCUT2D eigenvalue weighted by Gasteiger charge is -2.11. The highest BCUT2D eigenvalue weighted by atomic mass is 16.3. The van der Waals surface area contributed by atoms with Crippen LogP contribution in [0.4, 0.5) is 0 Å². The zero-order chi connectivity index (χ0) is 33.5. The van der Waals surface area contributed by atoms with Crippen molar-refractivity contribution in [2.24, 2.45) is 0 Å². The Bertz CT molecular complexity index is 3100. The molecule has 0 aliphatic rings. The lowest BCUT2D eigenvalue weighted by Crippen LogP contribution is -1.95. The number of benzene rings is 8. The Morgan fingerprint density at radius 1 is 0.314 bits per heavy atom. The zero-order valence-corrected chi connectivity index (χ0v) is 27.6. The van der Waals surface area contributed by atoms with E-state index in [9.17, 15) is 0 Å². The second kappa shape index (κ2) is 10.8. The summed E-state index contributed by atoms with van der Waals surface area (Å²) in [6.45, 7) is 0. The average Bonchev–Trinajstić information content (AvgIpc) is 3.86. The van der Waals surface area contributed by atoms with E-state index in [1.807, 2.05) is 6.07 Å². The van der Waals surface area contributed by atoms with Gasteiger partial charge in [-0.2, -0.15) is 0 Å². The van der Waals surface area contributed by atoms with Crippen LogP contribution in [0.5, 0.6) is 0 Å². The summed E-state index contributed by atoms with van der Waals surface area (Å²) in [6, 6.07) is 65.4. The molecule has 0 aliphatic carbocycles. The Morgan fingerprint density at radius 2 is 0.824 bits per heavy atom. The van der Waals surface area contributed by atoms with E-state index in [-0.39, 0.29) is 0 Å². The van der Waals surface area contributed by atoms with E-state index in [0.717, 1.165) is 38.8 Å². The third kappa shape index (κ3) is 4.19. The smallest absolute Gasteiger partial charge is 0.160 e. The highest BCUT2D eigenvalue weighted by Gasteiger charge is 2.19. The van der Waals surface area contributed by atoms with Gasteiger partial charge in [-0.1, -0.05) is 121 Å². The zero-order valence-electron chi connectivity index (χ0n) is 27.6. The quantitative estimate of drug-likeness (QED) is 0.186.